The summed E-state index contributed by atoms with van der Waals surface area (Å²) in [6.07, 6.45) is -4.31. The molecule has 0 unspecified atom stereocenters. The van der Waals surface area contributed by atoms with E-state index in [9.17, 15) is 30.4 Å². The molecule has 22 heavy (non-hydrogen) atoms. The molecule has 0 saturated heterocycles. The highest BCUT2D eigenvalue weighted by molar-refractivity contribution is 7.89. The lowest BCUT2D eigenvalue weighted by molar-refractivity contribution is -0.296. The molecular weight excluding hydrogens is 333 g/mol. The van der Waals surface area contributed by atoms with Crippen LogP contribution >= 0.6 is 0 Å². The van der Waals surface area contributed by atoms with E-state index in [-0.39, 0.29) is 12.6 Å². The summed E-state index contributed by atoms with van der Waals surface area (Å²) in [5.74, 6) is -5.63. The molecule has 0 spiro atoms. The van der Waals surface area contributed by atoms with E-state index in [4.69, 9.17) is 0 Å². The number of halogens is 5. The number of alkyl halides is 5. The van der Waals surface area contributed by atoms with Crippen LogP contribution in [0.3, 0.4) is 0 Å². The highest BCUT2D eigenvalue weighted by Crippen LogP contribution is 2.35. The van der Waals surface area contributed by atoms with Gasteiger partial charge in [-0.1, -0.05) is 13.3 Å². The summed E-state index contributed by atoms with van der Waals surface area (Å²) in [6, 6.07) is -0.326. The number of unbranched alkanes of at least 4 members (excludes halogenated alkanes) is 1. The summed E-state index contributed by atoms with van der Waals surface area (Å²) in [5.41, 5.74) is 0. The van der Waals surface area contributed by atoms with Gasteiger partial charge in [-0.05, 0) is 20.3 Å². The highest BCUT2D eigenvalue weighted by atomic mass is 32.2. The molecule has 0 atom stereocenters. The zero-order valence-electron chi connectivity index (χ0n) is 12.8. The maximum atomic E-state index is 12.6. The largest absolute Gasteiger partial charge is 0.455 e. The van der Waals surface area contributed by atoms with Crippen molar-refractivity contribution < 1.29 is 35.1 Å². The van der Waals surface area contributed by atoms with E-state index in [1.165, 1.54) is 4.31 Å². The van der Waals surface area contributed by atoms with Crippen LogP contribution in [-0.4, -0.2) is 56.4 Å². The molecule has 0 aliphatic carbocycles. The van der Waals surface area contributed by atoms with Crippen molar-refractivity contribution >= 4 is 10.0 Å². The second-order valence-electron chi connectivity index (χ2n) is 5.13. The van der Waals surface area contributed by atoms with Gasteiger partial charge in [0, 0.05) is 12.6 Å². The van der Waals surface area contributed by atoms with Crippen LogP contribution in [-0.2, 0) is 14.8 Å². The topological polar surface area (TPSA) is 46.6 Å². The number of nitrogens with zero attached hydrogens (tertiary/aromatic N) is 1. The molecule has 0 aromatic rings. The van der Waals surface area contributed by atoms with E-state index in [1.54, 1.807) is 13.8 Å². The van der Waals surface area contributed by atoms with Crippen molar-refractivity contribution in [2.45, 2.75) is 51.8 Å². The molecule has 0 aromatic carbocycles. The summed E-state index contributed by atoms with van der Waals surface area (Å²) in [6.45, 7) is 2.87. The number of hydrogen-bond donors (Lipinski definition) is 0. The van der Waals surface area contributed by atoms with Gasteiger partial charge in [-0.3, -0.25) is 0 Å². The monoisotopic (exact) mass is 355 g/mol. The Balaban J connectivity index is 4.49. The van der Waals surface area contributed by atoms with Gasteiger partial charge < -0.3 is 4.74 Å². The molecule has 0 bridgehead atoms. The fourth-order valence-corrected chi connectivity index (χ4v) is 3.21. The summed E-state index contributed by atoms with van der Waals surface area (Å²) in [7, 11) is -3.76. The van der Waals surface area contributed by atoms with Crippen molar-refractivity contribution in [2.75, 3.05) is 25.5 Å². The zero-order valence-corrected chi connectivity index (χ0v) is 13.6. The molecule has 0 heterocycles. The van der Waals surface area contributed by atoms with Crippen LogP contribution < -0.4 is 0 Å². The summed E-state index contributed by atoms with van der Waals surface area (Å²) in [4.78, 5) is 0. The van der Waals surface area contributed by atoms with E-state index in [0.29, 0.717) is 6.42 Å². The molecule has 0 aliphatic rings. The first-order chi connectivity index (χ1) is 9.85. The summed E-state index contributed by atoms with van der Waals surface area (Å²) < 4.78 is 90.4. The molecule has 4 nitrogen and oxygen atoms in total. The Morgan fingerprint density at radius 3 is 2.09 bits per heavy atom. The lowest BCUT2D eigenvalue weighted by Crippen LogP contribution is -2.42. The average molecular weight is 355 g/mol. The van der Waals surface area contributed by atoms with Crippen molar-refractivity contribution in [3.05, 3.63) is 0 Å². The van der Waals surface area contributed by atoms with E-state index >= 15 is 0 Å². The van der Waals surface area contributed by atoms with Crippen molar-refractivity contribution in [3.63, 3.8) is 0 Å². The van der Waals surface area contributed by atoms with Crippen LogP contribution in [0.25, 0.3) is 0 Å². The Bertz CT molecular complexity index is 423. The fraction of sp³-hybridized carbons (Fsp3) is 1.00. The van der Waals surface area contributed by atoms with Gasteiger partial charge in [0.1, 0.15) is 6.61 Å². The first-order valence-corrected chi connectivity index (χ1v) is 8.48. The average Bonchev–Trinajstić information content (AvgIpc) is 2.33. The van der Waals surface area contributed by atoms with Gasteiger partial charge in [-0.2, -0.15) is 26.3 Å². The summed E-state index contributed by atoms with van der Waals surface area (Å²) in [5, 5.41) is 0. The number of hydrogen-bond acceptors (Lipinski definition) is 3. The van der Waals surface area contributed by atoms with E-state index in [0.717, 1.165) is 6.42 Å². The van der Waals surface area contributed by atoms with Crippen molar-refractivity contribution in [1.82, 2.24) is 4.31 Å². The Labute approximate surface area is 127 Å². The number of sulfonamides is 1. The predicted octanol–water partition coefficient (Wildman–Crippen LogP) is 3.04. The van der Waals surface area contributed by atoms with Crippen molar-refractivity contribution in [2.24, 2.45) is 0 Å². The third-order valence-corrected chi connectivity index (χ3v) is 4.85. The summed E-state index contributed by atoms with van der Waals surface area (Å²) >= 11 is 0. The van der Waals surface area contributed by atoms with Gasteiger partial charge >= 0.3 is 12.1 Å². The van der Waals surface area contributed by atoms with Gasteiger partial charge in [0.05, 0.1) is 12.4 Å². The Morgan fingerprint density at radius 2 is 1.68 bits per heavy atom. The lowest BCUT2D eigenvalue weighted by Gasteiger charge is -2.26. The third kappa shape index (κ3) is 6.74. The van der Waals surface area contributed by atoms with Gasteiger partial charge in [0.15, 0.2) is 0 Å². The van der Waals surface area contributed by atoms with Crippen LogP contribution in [0.15, 0.2) is 0 Å². The molecule has 0 N–H and O–H groups in total. The molecule has 0 radical (unpaired) electrons. The van der Waals surface area contributed by atoms with E-state index < -0.39 is 41.1 Å². The van der Waals surface area contributed by atoms with Gasteiger partial charge in [-0.15, -0.1) is 0 Å². The molecule has 0 aliphatic heterocycles. The number of rotatable bonds is 10. The second-order valence-corrected chi connectivity index (χ2v) is 7.17. The van der Waals surface area contributed by atoms with Gasteiger partial charge in [0.25, 0.3) is 0 Å². The standard InChI is InChI=1S/C12H22F5NO3S/c1-4-5-6-18(10(2)3)22(19,20)8-7-21-9-11(13,14)12(15,16)17/h10H,4-9H2,1-3H3. The van der Waals surface area contributed by atoms with Crippen LogP contribution in [0.1, 0.15) is 33.6 Å². The first kappa shape index (κ1) is 21.5. The zero-order chi connectivity index (χ0) is 17.6. The normalized spacial score (nSPS) is 14.1. The second kappa shape index (κ2) is 8.39. The molecule has 0 saturated carbocycles. The first-order valence-electron chi connectivity index (χ1n) is 6.87. The highest BCUT2D eigenvalue weighted by Gasteiger charge is 2.57. The van der Waals surface area contributed by atoms with E-state index in [2.05, 4.69) is 4.74 Å². The van der Waals surface area contributed by atoms with Crippen LogP contribution in [0.4, 0.5) is 22.0 Å². The molecule has 10 heteroatoms. The van der Waals surface area contributed by atoms with Gasteiger partial charge in [0.2, 0.25) is 10.0 Å². The van der Waals surface area contributed by atoms with Crippen molar-refractivity contribution in [3.8, 4) is 0 Å². The molecule has 0 amide bonds. The Morgan fingerprint density at radius 1 is 1.14 bits per heavy atom. The molecular formula is C12H22F5NO3S. The molecule has 0 aromatic heterocycles. The minimum atomic E-state index is -5.71. The maximum Gasteiger partial charge on any atom is 0.455 e. The van der Waals surface area contributed by atoms with Crippen LogP contribution in [0.5, 0.6) is 0 Å². The SMILES string of the molecule is CCCCN(C(C)C)S(=O)(=O)CCOCC(F)(F)C(F)(F)F. The predicted molar refractivity (Wildman–Crippen MR) is 72.4 cm³/mol. The Hall–Kier alpha value is -0.480. The van der Waals surface area contributed by atoms with Crippen molar-refractivity contribution in [1.29, 1.82) is 0 Å². The minimum absolute atomic E-state index is 0.273. The maximum absolute atomic E-state index is 12.6. The van der Waals surface area contributed by atoms with Gasteiger partial charge in [-0.25, -0.2) is 8.42 Å². The fourth-order valence-electron chi connectivity index (χ4n) is 1.60. The molecule has 134 valence electrons. The quantitative estimate of drug-likeness (QED) is 0.447. The van der Waals surface area contributed by atoms with E-state index in [1.807, 2.05) is 6.92 Å². The molecule has 0 rings (SSSR count). The number of ether oxygens (including phenoxy) is 1. The lowest BCUT2D eigenvalue weighted by atomic mass is 10.3. The molecule has 0 fully saturated rings. The third-order valence-electron chi connectivity index (χ3n) is 2.85. The Kier molecular flexibility index (Phi) is 8.21. The minimum Gasteiger partial charge on any atom is -0.374 e. The van der Waals surface area contributed by atoms with Crippen LogP contribution in [0.2, 0.25) is 0 Å². The smallest absolute Gasteiger partial charge is 0.374 e. The van der Waals surface area contributed by atoms with Crippen LogP contribution in [0, 0.1) is 0 Å².